The minimum atomic E-state index is -0.592. The molecule has 2 N–H and O–H groups in total. The van der Waals surface area contributed by atoms with E-state index in [2.05, 4.69) is 6.92 Å². The van der Waals surface area contributed by atoms with Gasteiger partial charge in [-0.25, -0.2) is 0 Å². The lowest BCUT2D eigenvalue weighted by molar-refractivity contribution is -0.136. The highest BCUT2D eigenvalue weighted by atomic mass is 16.5. The number of carbonyl (C=O) groups excluding carboxylic acids is 2. The van der Waals surface area contributed by atoms with Crippen molar-refractivity contribution in [2.75, 3.05) is 6.54 Å². The number of benzene rings is 2. The van der Waals surface area contributed by atoms with Crippen molar-refractivity contribution in [2.45, 2.75) is 45.3 Å². The average molecular weight is 380 g/mol. The third-order valence-corrected chi connectivity index (χ3v) is 5.24. The first-order chi connectivity index (χ1) is 13.6. The first-order valence-electron chi connectivity index (χ1n) is 9.91. The molecule has 0 spiro atoms. The Morgan fingerprint density at radius 1 is 1.14 bits per heavy atom. The summed E-state index contributed by atoms with van der Waals surface area (Å²) in [5.74, 6) is 0.677. The van der Waals surface area contributed by atoms with Gasteiger partial charge in [-0.2, -0.15) is 0 Å². The van der Waals surface area contributed by atoms with Gasteiger partial charge >= 0.3 is 0 Å². The van der Waals surface area contributed by atoms with Crippen LogP contribution in [0.2, 0.25) is 0 Å². The van der Waals surface area contributed by atoms with Crippen molar-refractivity contribution in [3.05, 3.63) is 65.7 Å². The Morgan fingerprint density at radius 2 is 1.86 bits per heavy atom. The van der Waals surface area contributed by atoms with E-state index in [1.165, 1.54) is 0 Å². The number of hydrogen-bond acceptors (Lipinski definition) is 3. The Labute approximate surface area is 166 Å². The predicted molar refractivity (Wildman–Crippen MR) is 109 cm³/mol. The zero-order valence-corrected chi connectivity index (χ0v) is 16.3. The zero-order chi connectivity index (χ0) is 19.9. The van der Waals surface area contributed by atoms with Gasteiger partial charge in [0.2, 0.25) is 11.8 Å². The summed E-state index contributed by atoms with van der Waals surface area (Å²) in [6.45, 7) is 3.24. The minimum absolute atomic E-state index is 0.0325. The minimum Gasteiger partial charge on any atom is -0.489 e. The SMILES string of the molecule is CCCC1CC(=O)N(C(Cc2ccc(OCc3ccccc3)cc2)C(N)=O)C1. The van der Waals surface area contributed by atoms with Gasteiger partial charge in [0.25, 0.3) is 0 Å². The molecular formula is C23H28N2O3. The number of likely N-dealkylation sites (tertiary alicyclic amines) is 1. The highest BCUT2D eigenvalue weighted by Gasteiger charge is 2.36. The van der Waals surface area contributed by atoms with Gasteiger partial charge in [-0.05, 0) is 35.6 Å². The smallest absolute Gasteiger partial charge is 0.240 e. The number of nitrogens with two attached hydrogens (primary N) is 1. The van der Waals surface area contributed by atoms with Crippen molar-refractivity contribution < 1.29 is 14.3 Å². The maximum atomic E-state index is 12.4. The van der Waals surface area contributed by atoms with E-state index in [1.807, 2.05) is 54.6 Å². The first-order valence-corrected chi connectivity index (χ1v) is 9.91. The van der Waals surface area contributed by atoms with Crippen LogP contribution in [0.5, 0.6) is 5.75 Å². The van der Waals surface area contributed by atoms with Crippen LogP contribution < -0.4 is 10.5 Å². The maximum absolute atomic E-state index is 12.4. The van der Waals surface area contributed by atoms with Crippen LogP contribution in [0, 0.1) is 5.92 Å². The number of carbonyl (C=O) groups is 2. The molecule has 2 atom stereocenters. The third-order valence-electron chi connectivity index (χ3n) is 5.24. The van der Waals surface area contributed by atoms with Crippen LogP contribution in [-0.4, -0.2) is 29.3 Å². The summed E-state index contributed by atoms with van der Waals surface area (Å²) < 4.78 is 5.80. The van der Waals surface area contributed by atoms with Crippen molar-refractivity contribution in [1.82, 2.24) is 4.90 Å². The molecule has 5 heteroatoms. The fraction of sp³-hybridized carbons (Fsp3) is 0.391. The fourth-order valence-electron chi connectivity index (χ4n) is 3.76. The zero-order valence-electron chi connectivity index (χ0n) is 16.3. The molecule has 0 aromatic heterocycles. The Hall–Kier alpha value is -2.82. The Morgan fingerprint density at radius 3 is 2.50 bits per heavy atom. The molecule has 1 aliphatic heterocycles. The second-order valence-electron chi connectivity index (χ2n) is 7.45. The topological polar surface area (TPSA) is 72.6 Å². The quantitative estimate of drug-likeness (QED) is 0.725. The highest BCUT2D eigenvalue weighted by Crippen LogP contribution is 2.26. The molecule has 1 aliphatic rings. The van der Waals surface area contributed by atoms with Crippen LogP contribution in [0.4, 0.5) is 0 Å². The molecule has 2 unspecified atom stereocenters. The molecule has 1 fully saturated rings. The van der Waals surface area contributed by atoms with Crippen molar-refractivity contribution in [3.8, 4) is 5.75 Å². The molecule has 2 aromatic rings. The van der Waals surface area contributed by atoms with E-state index >= 15 is 0 Å². The molecule has 2 aromatic carbocycles. The third kappa shape index (κ3) is 5.12. The molecule has 0 bridgehead atoms. The summed E-state index contributed by atoms with van der Waals surface area (Å²) in [5.41, 5.74) is 7.70. The van der Waals surface area contributed by atoms with E-state index < -0.39 is 11.9 Å². The lowest BCUT2D eigenvalue weighted by atomic mass is 10.0. The summed E-state index contributed by atoms with van der Waals surface area (Å²) in [6.07, 6.45) is 2.99. The second-order valence-corrected chi connectivity index (χ2v) is 7.45. The van der Waals surface area contributed by atoms with Gasteiger partial charge in [0, 0.05) is 19.4 Å². The van der Waals surface area contributed by atoms with E-state index in [1.54, 1.807) is 4.90 Å². The fourth-order valence-corrected chi connectivity index (χ4v) is 3.76. The summed E-state index contributed by atoms with van der Waals surface area (Å²) >= 11 is 0. The normalized spacial score (nSPS) is 17.5. The summed E-state index contributed by atoms with van der Waals surface area (Å²) in [7, 11) is 0. The van der Waals surface area contributed by atoms with Crippen molar-refractivity contribution in [3.63, 3.8) is 0 Å². The van der Waals surface area contributed by atoms with Crippen LogP contribution >= 0.6 is 0 Å². The highest BCUT2D eigenvalue weighted by molar-refractivity contribution is 5.88. The van der Waals surface area contributed by atoms with Gasteiger partial charge in [-0.1, -0.05) is 55.8 Å². The van der Waals surface area contributed by atoms with E-state index in [0.717, 1.165) is 29.7 Å². The Bertz CT molecular complexity index is 789. The second kappa shape index (κ2) is 9.40. The molecule has 0 aliphatic carbocycles. The van der Waals surface area contributed by atoms with Crippen molar-refractivity contribution in [1.29, 1.82) is 0 Å². The van der Waals surface area contributed by atoms with E-state index in [4.69, 9.17) is 10.5 Å². The van der Waals surface area contributed by atoms with E-state index in [0.29, 0.717) is 31.9 Å². The van der Waals surface area contributed by atoms with Crippen molar-refractivity contribution >= 4 is 11.8 Å². The Kier molecular flexibility index (Phi) is 6.69. The van der Waals surface area contributed by atoms with Gasteiger partial charge in [-0.3, -0.25) is 9.59 Å². The lowest BCUT2D eigenvalue weighted by Crippen LogP contribution is -2.47. The summed E-state index contributed by atoms with van der Waals surface area (Å²) in [4.78, 5) is 26.1. The van der Waals surface area contributed by atoms with Gasteiger partial charge in [0.05, 0.1) is 0 Å². The van der Waals surface area contributed by atoms with Gasteiger partial charge in [0.15, 0.2) is 0 Å². The molecule has 0 saturated carbocycles. The molecule has 28 heavy (non-hydrogen) atoms. The maximum Gasteiger partial charge on any atom is 0.240 e. The monoisotopic (exact) mass is 380 g/mol. The number of amides is 2. The molecule has 1 heterocycles. The van der Waals surface area contributed by atoms with Crippen molar-refractivity contribution in [2.24, 2.45) is 11.7 Å². The molecule has 2 amide bonds. The molecule has 1 saturated heterocycles. The summed E-state index contributed by atoms with van der Waals surface area (Å²) in [6, 6.07) is 17.0. The molecule has 5 nitrogen and oxygen atoms in total. The number of hydrogen-bond donors (Lipinski definition) is 1. The molecule has 3 rings (SSSR count). The molecular weight excluding hydrogens is 352 g/mol. The van der Waals surface area contributed by atoms with Crippen LogP contribution in [0.25, 0.3) is 0 Å². The van der Waals surface area contributed by atoms with Crippen LogP contribution in [0.1, 0.15) is 37.3 Å². The number of rotatable bonds is 9. The van der Waals surface area contributed by atoms with Gasteiger partial charge in [-0.15, -0.1) is 0 Å². The number of ether oxygens (including phenoxy) is 1. The van der Waals surface area contributed by atoms with E-state index in [9.17, 15) is 9.59 Å². The lowest BCUT2D eigenvalue weighted by Gasteiger charge is -2.26. The van der Waals surface area contributed by atoms with Crippen LogP contribution in [-0.2, 0) is 22.6 Å². The van der Waals surface area contributed by atoms with E-state index in [-0.39, 0.29) is 5.91 Å². The molecule has 0 radical (unpaired) electrons. The number of primary amides is 1. The average Bonchev–Trinajstić information content (AvgIpc) is 3.06. The summed E-state index contributed by atoms with van der Waals surface area (Å²) in [5, 5.41) is 0. The standard InChI is InChI=1S/C23H28N2O3/c1-2-6-19-14-22(26)25(15-19)21(23(24)27)13-17-9-11-20(12-10-17)28-16-18-7-4-3-5-8-18/h3-5,7-12,19,21H,2,6,13-16H2,1H3,(H2,24,27). The predicted octanol–water partition coefficient (Wildman–Crippen LogP) is 3.31. The first kappa shape index (κ1) is 19.9. The Balaban J connectivity index is 1.61. The van der Waals surface area contributed by atoms with Gasteiger partial charge in [0.1, 0.15) is 18.4 Å². The largest absolute Gasteiger partial charge is 0.489 e. The van der Waals surface area contributed by atoms with Crippen LogP contribution in [0.15, 0.2) is 54.6 Å². The molecule has 148 valence electrons. The van der Waals surface area contributed by atoms with Crippen LogP contribution in [0.3, 0.4) is 0 Å². The number of nitrogens with zero attached hydrogens (tertiary/aromatic N) is 1. The van der Waals surface area contributed by atoms with Gasteiger partial charge < -0.3 is 15.4 Å².